The van der Waals surface area contributed by atoms with Crippen LogP contribution >= 0.6 is 0 Å². The number of rotatable bonds is 3. The summed E-state index contributed by atoms with van der Waals surface area (Å²) in [5, 5.41) is 15.0. The SMILES string of the molecule is COc1cccc2c1NC(c1ccccc1[N+](=O)[O-])C1CC=CC21. The van der Waals surface area contributed by atoms with Crippen LogP contribution in [0.2, 0.25) is 0 Å². The molecule has 0 aromatic heterocycles. The third-order valence-electron chi connectivity index (χ3n) is 5.05. The number of allylic oxidation sites excluding steroid dienone is 2. The summed E-state index contributed by atoms with van der Waals surface area (Å²) >= 11 is 0. The van der Waals surface area contributed by atoms with Gasteiger partial charge in [0.05, 0.1) is 29.3 Å². The zero-order valence-corrected chi connectivity index (χ0v) is 13.3. The van der Waals surface area contributed by atoms with Gasteiger partial charge in [-0.3, -0.25) is 10.1 Å². The van der Waals surface area contributed by atoms with Gasteiger partial charge < -0.3 is 10.1 Å². The molecule has 0 spiro atoms. The molecule has 5 nitrogen and oxygen atoms in total. The molecule has 0 bridgehead atoms. The number of methoxy groups -OCH3 is 1. The van der Waals surface area contributed by atoms with Crippen molar-refractivity contribution in [1.82, 2.24) is 0 Å². The van der Waals surface area contributed by atoms with Gasteiger partial charge in [-0.15, -0.1) is 0 Å². The summed E-state index contributed by atoms with van der Waals surface area (Å²) in [5.74, 6) is 1.29. The smallest absolute Gasteiger partial charge is 0.274 e. The zero-order chi connectivity index (χ0) is 16.7. The van der Waals surface area contributed by atoms with Gasteiger partial charge in [-0.2, -0.15) is 0 Å². The van der Waals surface area contributed by atoms with Gasteiger partial charge in [0.1, 0.15) is 5.75 Å². The van der Waals surface area contributed by atoms with Crippen LogP contribution in [0.3, 0.4) is 0 Å². The molecular formula is C19H18N2O3. The largest absolute Gasteiger partial charge is 0.495 e. The van der Waals surface area contributed by atoms with E-state index in [9.17, 15) is 10.1 Å². The molecule has 1 aliphatic carbocycles. The minimum absolute atomic E-state index is 0.115. The number of nitro benzene ring substituents is 1. The fraction of sp³-hybridized carbons (Fsp3) is 0.263. The monoisotopic (exact) mass is 322 g/mol. The molecule has 0 amide bonds. The molecule has 4 rings (SSSR count). The second-order valence-electron chi connectivity index (χ2n) is 6.22. The number of anilines is 1. The highest BCUT2D eigenvalue weighted by molar-refractivity contribution is 5.68. The first-order valence-electron chi connectivity index (χ1n) is 8.04. The third kappa shape index (κ3) is 2.16. The molecule has 24 heavy (non-hydrogen) atoms. The lowest BCUT2D eigenvalue weighted by Gasteiger charge is -2.37. The summed E-state index contributed by atoms with van der Waals surface area (Å²) in [7, 11) is 1.65. The molecule has 0 saturated heterocycles. The molecule has 3 unspecified atom stereocenters. The van der Waals surface area contributed by atoms with E-state index < -0.39 is 0 Å². The van der Waals surface area contributed by atoms with Crippen LogP contribution in [0.15, 0.2) is 54.6 Å². The van der Waals surface area contributed by atoms with Gasteiger partial charge in [-0.05, 0) is 24.0 Å². The van der Waals surface area contributed by atoms with Gasteiger partial charge >= 0.3 is 0 Å². The van der Waals surface area contributed by atoms with E-state index in [-0.39, 0.29) is 28.5 Å². The summed E-state index contributed by atoms with van der Waals surface area (Å²) in [6, 6.07) is 12.9. The molecule has 0 radical (unpaired) electrons. The van der Waals surface area contributed by atoms with Crippen molar-refractivity contribution >= 4 is 11.4 Å². The van der Waals surface area contributed by atoms with Crippen LogP contribution in [0.4, 0.5) is 11.4 Å². The molecule has 3 atom stereocenters. The molecular weight excluding hydrogens is 304 g/mol. The number of nitro groups is 1. The molecule has 0 fully saturated rings. The predicted octanol–water partition coefficient (Wildman–Crippen LogP) is 4.43. The number of para-hydroxylation sites is 2. The Hall–Kier alpha value is -2.82. The van der Waals surface area contributed by atoms with Gasteiger partial charge in [0.15, 0.2) is 0 Å². The number of nitrogens with zero attached hydrogens (tertiary/aromatic N) is 1. The lowest BCUT2D eigenvalue weighted by Crippen LogP contribution is -2.29. The average molecular weight is 322 g/mol. The molecule has 2 aromatic carbocycles. The topological polar surface area (TPSA) is 64.4 Å². The molecule has 1 heterocycles. The lowest BCUT2D eigenvalue weighted by molar-refractivity contribution is -0.385. The van der Waals surface area contributed by atoms with Crippen LogP contribution in [-0.2, 0) is 0 Å². The molecule has 0 saturated carbocycles. The number of hydrogen-bond donors (Lipinski definition) is 1. The number of nitrogens with one attached hydrogen (secondary N) is 1. The lowest BCUT2D eigenvalue weighted by atomic mass is 9.76. The van der Waals surface area contributed by atoms with Gasteiger partial charge in [-0.1, -0.05) is 42.5 Å². The Morgan fingerprint density at radius 3 is 2.75 bits per heavy atom. The molecule has 1 N–H and O–H groups in total. The van der Waals surface area contributed by atoms with Crippen molar-refractivity contribution in [3.8, 4) is 5.75 Å². The summed E-state index contributed by atoms with van der Waals surface area (Å²) in [6.45, 7) is 0. The van der Waals surface area contributed by atoms with E-state index in [1.165, 1.54) is 5.56 Å². The van der Waals surface area contributed by atoms with Crippen molar-refractivity contribution < 1.29 is 9.66 Å². The van der Waals surface area contributed by atoms with E-state index >= 15 is 0 Å². The van der Waals surface area contributed by atoms with Crippen molar-refractivity contribution in [3.63, 3.8) is 0 Å². The number of fused-ring (bicyclic) bond motifs is 3. The number of hydrogen-bond acceptors (Lipinski definition) is 4. The van der Waals surface area contributed by atoms with Crippen molar-refractivity contribution in [1.29, 1.82) is 0 Å². The van der Waals surface area contributed by atoms with Crippen LogP contribution in [0.25, 0.3) is 0 Å². The average Bonchev–Trinajstić information content (AvgIpc) is 3.10. The predicted molar refractivity (Wildman–Crippen MR) is 92.4 cm³/mol. The minimum Gasteiger partial charge on any atom is -0.495 e. The Morgan fingerprint density at radius 2 is 1.96 bits per heavy atom. The summed E-state index contributed by atoms with van der Waals surface area (Å²) in [6.07, 6.45) is 5.30. The normalized spacial score (nSPS) is 24.0. The number of benzene rings is 2. The van der Waals surface area contributed by atoms with Crippen LogP contribution in [0.5, 0.6) is 5.75 Å². The van der Waals surface area contributed by atoms with E-state index in [4.69, 9.17) is 4.74 Å². The summed E-state index contributed by atoms with van der Waals surface area (Å²) in [5.41, 5.74) is 3.04. The van der Waals surface area contributed by atoms with E-state index in [1.807, 2.05) is 24.3 Å². The molecule has 2 aliphatic rings. The van der Waals surface area contributed by atoms with Crippen LogP contribution in [0, 0.1) is 16.0 Å². The molecule has 2 aromatic rings. The van der Waals surface area contributed by atoms with Gasteiger partial charge in [0.2, 0.25) is 0 Å². The van der Waals surface area contributed by atoms with Gasteiger partial charge in [0, 0.05) is 12.0 Å². The quantitative estimate of drug-likeness (QED) is 0.516. The molecule has 122 valence electrons. The highest BCUT2D eigenvalue weighted by Crippen LogP contribution is 2.53. The Kier molecular flexibility index (Phi) is 3.49. The van der Waals surface area contributed by atoms with Crippen molar-refractivity contribution in [2.45, 2.75) is 18.4 Å². The highest BCUT2D eigenvalue weighted by atomic mass is 16.6. The van der Waals surface area contributed by atoms with Crippen molar-refractivity contribution in [2.75, 3.05) is 12.4 Å². The second kappa shape index (κ2) is 5.67. The van der Waals surface area contributed by atoms with Gasteiger partial charge in [0.25, 0.3) is 5.69 Å². The van der Waals surface area contributed by atoms with Crippen LogP contribution in [0.1, 0.15) is 29.5 Å². The highest BCUT2D eigenvalue weighted by Gasteiger charge is 2.41. The van der Waals surface area contributed by atoms with Crippen molar-refractivity contribution in [3.05, 3.63) is 75.9 Å². The first-order chi connectivity index (χ1) is 11.7. The maximum Gasteiger partial charge on any atom is 0.274 e. The second-order valence-corrected chi connectivity index (χ2v) is 6.22. The van der Waals surface area contributed by atoms with E-state index in [0.717, 1.165) is 23.4 Å². The van der Waals surface area contributed by atoms with E-state index in [1.54, 1.807) is 19.2 Å². The first-order valence-corrected chi connectivity index (χ1v) is 8.04. The minimum atomic E-state index is -0.299. The Labute approximate surface area is 140 Å². The summed E-state index contributed by atoms with van der Waals surface area (Å²) in [4.78, 5) is 11.2. The standard InChI is InChI=1S/C19H18N2O3/c1-24-17-11-5-9-14-12-7-4-8-13(12)18(20-19(14)17)15-6-2-3-10-16(15)21(22)23/h2-7,9-13,18,20H,8H2,1H3. The summed E-state index contributed by atoms with van der Waals surface area (Å²) < 4.78 is 5.50. The van der Waals surface area contributed by atoms with Crippen LogP contribution < -0.4 is 10.1 Å². The fourth-order valence-electron chi connectivity index (χ4n) is 3.99. The Balaban J connectivity index is 1.86. The molecule has 1 aliphatic heterocycles. The Morgan fingerprint density at radius 1 is 1.17 bits per heavy atom. The van der Waals surface area contributed by atoms with Crippen LogP contribution in [-0.4, -0.2) is 12.0 Å². The first kappa shape index (κ1) is 14.8. The van der Waals surface area contributed by atoms with E-state index in [0.29, 0.717) is 0 Å². The Bertz CT molecular complexity index is 831. The van der Waals surface area contributed by atoms with E-state index in [2.05, 4.69) is 23.5 Å². The maximum atomic E-state index is 11.5. The maximum absolute atomic E-state index is 11.5. The van der Waals surface area contributed by atoms with Crippen molar-refractivity contribution in [2.24, 2.45) is 5.92 Å². The molecule has 5 heteroatoms. The van der Waals surface area contributed by atoms with Gasteiger partial charge in [-0.25, -0.2) is 0 Å². The zero-order valence-electron chi connectivity index (χ0n) is 13.3. The fourth-order valence-corrected chi connectivity index (χ4v) is 3.99. The third-order valence-corrected chi connectivity index (χ3v) is 5.05. The number of ether oxygens (including phenoxy) is 1.